The molecule has 0 unspecified atom stereocenters. The summed E-state index contributed by atoms with van der Waals surface area (Å²) in [6.07, 6.45) is 0. The Labute approximate surface area is 189 Å². The number of carboxylic acid groups (broad SMARTS) is 1. The zero-order chi connectivity index (χ0) is 22.8. The van der Waals surface area contributed by atoms with Crippen LogP contribution in [0.15, 0.2) is 72.8 Å². The average molecular weight is 436 g/mol. The number of pyridine rings is 1. The Hall–Kier alpha value is -4.59. The highest BCUT2D eigenvalue weighted by atomic mass is 16.4. The third kappa shape index (κ3) is 4.14. The van der Waals surface area contributed by atoms with Crippen molar-refractivity contribution < 1.29 is 9.90 Å². The minimum atomic E-state index is -0.934. The van der Waals surface area contributed by atoms with Crippen LogP contribution in [0.3, 0.4) is 0 Å². The zero-order valence-electron chi connectivity index (χ0n) is 17.8. The molecule has 0 aliphatic heterocycles. The van der Waals surface area contributed by atoms with Crippen molar-refractivity contribution in [3.8, 4) is 22.5 Å². The van der Waals surface area contributed by atoms with Gasteiger partial charge < -0.3 is 10.4 Å². The van der Waals surface area contributed by atoms with E-state index in [9.17, 15) is 9.90 Å². The van der Waals surface area contributed by atoms with Gasteiger partial charge in [-0.05, 0) is 59.2 Å². The maximum atomic E-state index is 11.5. The minimum absolute atomic E-state index is 0.291. The number of carboxylic acids is 1. The lowest BCUT2D eigenvalue weighted by Crippen LogP contribution is -2.02. The number of aryl methyl sites for hydroxylation is 1. The van der Waals surface area contributed by atoms with Crippen LogP contribution in [0.4, 0.5) is 5.69 Å². The van der Waals surface area contributed by atoms with E-state index in [1.54, 1.807) is 12.1 Å². The van der Waals surface area contributed by atoms with Gasteiger partial charge in [-0.3, -0.25) is 4.98 Å². The monoisotopic (exact) mass is 436 g/mol. The molecule has 0 fully saturated rings. The van der Waals surface area contributed by atoms with E-state index in [0.717, 1.165) is 39.0 Å². The molecule has 0 amide bonds. The normalized spacial score (nSPS) is 10.9. The highest BCUT2D eigenvalue weighted by Gasteiger charge is 2.11. The Morgan fingerprint density at radius 2 is 1.79 bits per heavy atom. The molecule has 0 saturated carbocycles. The number of tetrazole rings is 1. The maximum absolute atomic E-state index is 11.5. The summed E-state index contributed by atoms with van der Waals surface area (Å²) >= 11 is 0. The van der Waals surface area contributed by atoms with E-state index in [-0.39, 0.29) is 0 Å². The quantitative estimate of drug-likeness (QED) is 0.353. The van der Waals surface area contributed by atoms with Crippen LogP contribution in [0.1, 0.15) is 21.6 Å². The van der Waals surface area contributed by atoms with Crippen LogP contribution in [-0.2, 0) is 6.54 Å². The molecular formula is C25H20N6O2. The second kappa shape index (κ2) is 8.51. The third-order valence-corrected chi connectivity index (χ3v) is 5.45. The average Bonchev–Trinajstić information content (AvgIpc) is 3.37. The molecule has 0 bridgehead atoms. The van der Waals surface area contributed by atoms with Crippen molar-refractivity contribution in [3.05, 3.63) is 89.6 Å². The van der Waals surface area contributed by atoms with E-state index < -0.39 is 5.97 Å². The Kier molecular flexibility index (Phi) is 5.24. The van der Waals surface area contributed by atoms with Crippen molar-refractivity contribution in [2.24, 2.45) is 0 Å². The fraction of sp³-hybridized carbons (Fsp3) is 0.0800. The first-order chi connectivity index (χ1) is 16.1. The SMILES string of the molecule is Cc1cc(NCc2ccc(-c3ccccc3C(=O)O)cc2)c2cc(-c3nn[nH]n3)ccc2n1. The van der Waals surface area contributed by atoms with Crippen LogP contribution in [0.5, 0.6) is 0 Å². The lowest BCUT2D eigenvalue weighted by molar-refractivity contribution is 0.0697. The number of fused-ring (bicyclic) bond motifs is 1. The topological polar surface area (TPSA) is 117 Å². The molecule has 8 nitrogen and oxygen atoms in total. The van der Waals surface area contributed by atoms with Crippen LogP contribution in [0.2, 0.25) is 0 Å². The van der Waals surface area contributed by atoms with Gasteiger partial charge in [-0.1, -0.05) is 42.5 Å². The molecule has 0 spiro atoms. The van der Waals surface area contributed by atoms with E-state index in [4.69, 9.17) is 0 Å². The predicted molar refractivity (Wildman–Crippen MR) is 126 cm³/mol. The summed E-state index contributed by atoms with van der Waals surface area (Å²) in [4.78, 5) is 16.2. The summed E-state index contributed by atoms with van der Waals surface area (Å²) in [6, 6.07) is 22.8. The molecule has 5 aromatic rings. The third-order valence-electron chi connectivity index (χ3n) is 5.45. The predicted octanol–water partition coefficient (Wildman–Crippen LogP) is 4.70. The molecule has 0 aliphatic carbocycles. The summed E-state index contributed by atoms with van der Waals surface area (Å²) < 4.78 is 0. The van der Waals surface area contributed by atoms with E-state index in [0.29, 0.717) is 23.5 Å². The molecule has 5 rings (SSSR count). The molecular weight excluding hydrogens is 416 g/mol. The van der Waals surface area contributed by atoms with Gasteiger partial charge in [0.25, 0.3) is 0 Å². The van der Waals surface area contributed by atoms with Gasteiger partial charge in [0.15, 0.2) is 0 Å². The van der Waals surface area contributed by atoms with Gasteiger partial charge in [0, 0.05) is 28.9 Å². The zero-order valence-corrected chi connectivity index (χ0v) is 17.8. The van der Waals surface area contributed by atoms with Gasteiger partial charge in [-0.15, -0.1) is 10.2 Å². The highest BCUT2D eigenvalue weighted by molar-refractivity contribution is 5.96. The molecule has 8 heteroatoms. The molecule has 0 aliphatic rings. The fourth-order valence-corrected chi connectivity index (χ4v) is 3.85. The largest absolute Gasteiger partial charge is 0.478 e. The molecule has 0 saturated heterocycles. The Morgan fingerprint density at radius 1 is 1.00 bits per heavy atom. The highest BCUT2D eigenvalue weighted by Crippen LogP contribution is 2.28. The number of H-pyrrole nitrogens is 1. The molecule has 2 heterocycles. The maximum Gasteiger partial charge on any atom is 0.336 e. The van der Waals surface area contributed by atoms with Crippen molar-refractivity contribution in [2.75, 3.05) is 5.32 Å². The number of nitrogens with zero attached hydrogens (tertiary/aromatic N) is 4. The van der Waals surface area contributed by atoms with E-state index >= 15 is 0 Å². The second-order valence-electron chi connectivity index (χ2n) is 7.68. The molecule has 33 heavy (non-hydrogen) atoms. The second-order valence-corrected chi connectivity index (χ2v) is 7.68. The number of rotatable bonds is 6. The first-order valence-corrected chi connectivity index (χ1v) is 10.4. The van der Waals surface area contributed by atoms with Gasteiger partial charge in [-0.2, -0.15) is 5.21 Å². The fourth-order valence-electron chi connectivity index (χ4n) is 3.85. The smallest absolute Gasteiger partial charge is 0.336 e. The van der Waals surface area contributed by atoms with Crippen molar-refractivity contribution in [1.29, 1.82) is 0 Å². The summed E-state index contributed by atoms with van der Waals surface area (Å²) in [5, 5.41) is 28.2. The van der Waals surface area contributed by atoms with Crippen LogP contribution < -0.4 is 5.32 Å². The number of aromatic carboxylic acids is 1. The Balaban J connectivity index is 1.41. The van der Waals surface area contributed by atoms with E-state index in [2.05, 4.69) is 30.9 Å². The van der Waals surface area contributed by atoms with Gasteiger partial charge in [-0.25, -0.2) is 4.79 Å². The minimum Gasteiger partial charge on any atom is -0.478 e. The molecule has 3 aromatic carbocycles. The van der Waals surface area contributed by atoms with Gasteiger partial charge in [0.2, 0.25) is 5.82 Å². The van der Waals surface area contributed by atoms with Crippen molar-refractivity contribution in [3.63, 3.8) is 0 Å². The van der Waals surface area contributed by atoms with Crippen molar-refractivity contribution >= 4 is 22.6 Å². The Morgan fingerprint density at radius 3 is 2.55 bits per heavy atom. The summed E-state index contributed by atoms with van der Waals surface area (Å²) in [7, 11) is 0. The summed E-state index contributed by atoms with van der Waals surface area (Å²) in [6.45, 7) is 2.57. The lowest BCUT2D eigenvalue weighted by atomic mass is 9.99. The molecule has 2 aromatic heterocycles. The number of anilines is 1. The number of carbonyl (C=O) groups is 1. The van der Waals surface area contributed by atoms with Crippen LogP contribution in [0.25, 0.3) is 33.4 Å². The number of aromatic nitrogens is 5. The molecule has 0 atom stereocenters. The first-order valence-electron chi connectivity index (χ1n) is 10.4. The number of nitrogens with one attached hydrogen (secondary N) is 2. The number of benzene rings is 3. The number of hydrogen-bond donors (Lipinski definition) is 3. The number of aromatic amines is 1. The standard InChI is InChI=1S/C25H20N6O2/c1-15-12-23(21-13-18(10-11-22(21)27-15)24-28-30-31-29-24)26-14-16-6-8-17(9-7-16)19-4-2-3-5-20(19)25(32)33/h2-13H,14H2,1H3,(H,26,27)(H,32,33)(H,28,29,30,31). The molecule has 0 radical (unpaired) electrons. The van der Waals surface area contributed by atoms with Crippen LogP contribution in [0, 0.1) is 6.92 Å². The Bertz CT molecular complexity index is 1450. The first kappa shape index (κ1) is 20.3. The van der Waals surface area contributed by atoms with Gasteiger partial charge in [0.05, 0.1) is 11.1 Å². The van der Waals surface area contributed by atoms with Crippen molar-refractivity contribution in [2.45, 2.75) is 13.5 Å². The van der Waals surface area contributed by atoms with E-state index in [1.807, 2.05) is 67.6 Å². The summed E-state index contributed by atoms with van der Waals surface area (Å²) in [5.41, 5.74) is 6.54. The number of hydrogen-bond acceptors (Lipinski definition) is 6. The van der Waals surface area contributed by atoms with Gasteiger partial charge in [0.1, 0.15) is 0 Å². The summed E-state index contributed by atoms with van der Waals surface area (Å²) in [5.74, 6) is -0.405. The van der Waals surface area contributed by atoms with E-state index in [1.165, 1.54) is 0 Å². The molecule has 162 valence electrons. The van der Waals surface area contributed by atoms with Crippen LogP contribution >= 0.6 is 0 Å². The van der Waals surface area contributed by atoms with Crippen molar-refractivity contribution in [1.82, 2.24) is 25.6 Å². The van der Waals surface area contributed by atoms with Crippen LogP contribution in [-0.4, -0.2) is 36.7 Å². The van der Waals surface area contributed by atoms with Gasteiger partial charge >= 0.3 is 5.97 Å². The lowest BCUT2D eigenvalue weighted by Gasteiger charge is -2.12. The molecule has 3 N–H and O–H groups in total.